The molecule has 0 radical (unpaired) electrons. The third kappa shape index (κ3) is 2.33. The molecule has 5 heteroatoms. The van der Waals surface area contributed by atoms with Gasteiger partial charge in [0.1, 0.15) is 0 Å². The zero-order valence-electron chi connectivity index (χ0n) is 14.1. The predicted octanol–water partition coefficient (Wildman–Crippen LogP) is 3.85. The summed E-state index contributed by atoms with van der Waals surface area (Å²) in [6, 6.07) is 18.6. The van der Waals surface area contributed by atoms with Crippen molar-refractivity contribution < 1.29 is 9.59 Å². The number of nitrogens with zero attached hydrogens (tertiary/aromatic N) is 2. The van der Waals surface area contributed by atoms with Crippen LogP contribution >= 0.6 is 0 Å². The number of imide groups is 1. The molecule has 0 spiro atoms. The number of nitrogens with one attached hydrogen (secondary N) is 1. The fourth-order valence-electron chi connectivity index (χ4n) is 3.61. The average Bonchev–Trinajstić information content (AvgIpc) is 2.72. The van der Waals surface area contributed by atoms with Gasteiger partial charge in [0.25, 0.3) is 11.8 Å². The van der Waals surface area contributed by atoms with E-state index < -0.39 is 5.91 Å². The molecule has 0 fully saturated rings. The average molecular weight is 351 g/mol. The van der Waals surface area contributed by atoms with E-state index in [1.807, 2.05) is 54.6 Å². The lowest BCUT2D eigenvalue weighted by Gasteiger charge is -2.22. The number of rotatable bonds is 2. The lowest BCUT2D eigenvalue weighted by molar-refractivity contribution is 0.0845. The summed E-state index contributed by atoms with van der Waals surface area (Å²) in [5.74, 6) is -0.794. The Hall–Kier alpha value is -3.86. The Bertz CT molecular complexity index is 1220. The summed E-state index contributed by atoms with van der Waals surface area (Å²) in [6.07, 6.45) is 3.40. The summed E-state index contributed by atoms with van der Waals surface area (Å²) < 4.78 is 0. The number of benzene rings is 2. The molecule has 1 N–H and O–H groups in total. The smallest absolute Gasteiger partial charge is 0.259 e. The lowest BCUT2D eigenvalue weighted by Crippen LogP contribution is -2.35. The number of hydrogen-bond donors (Lipinski definition) is 1. The molecule has 27 heavy (non-hydrogen) atoms. The van der Waals surface area contributed by atoms with E-state index in [1.54, 1.807) is 18.5 Å². The highest BCUT2D eigenvalue weighted by Crippen LogP contribution is 2.40. The Balaban J connectivity index is 1.99. The Kier molecular flexibility index (Phi) is 3.33. The van der Waals surface area contributed by atoms with Gasteiger partial charge >= 0.3 is 0 Å². The SMILES string of the molecule is O=C1NC(=O)c2c(-c3ccccn3)c(-c3ccccn3)cc3cccc1c23. The van der Waals surface area contributed by atoms with E-state index in [0.29, 0.717) is 27.8 Å². The van der Waals surface area contributed by atoms with E-state index in [1.165, 1.54) is 0 Å². The first-order valence-corrected chi connectivity index (χ1v) is 8.52. The van der Waals surface area contributed by atoms with Crippen LogP contribution in [0.4, 0.5) is 0 Å². The Morgan fingerprint density at radius 3 is 2.11 bits per heavy atom. The second-order valence-corrected chi connectivity index (χ2v) is 6.29. The molecule has 5 nitrogen and oxygen atoms in total. The van der Waals surface area contributed by atoms with Crippen molar-refractivity contribution in [3.63, 3.8) is 0 Å². The number of carbonyl (C=O) groups is 2. The first-order valence-electron chi connectivity index (χ1n) is 8.52. The highest BCUT2D eigenvalue weighted by Gasteiger charge is 2.30. The summed E-state index contributed by atoms with van der Waals surface area (Å²) in [4.78, 5) is 34.1. The van der Waals surface area contributed by atoms with Crippen LogP contribution in [0.2, 0.25) is 0 Å². The molecule has 0 bridgehead atoms. The van der Waals surface area contributed by atoms with Crippen LogP contribution in [0.15, 0.2) is 73.1 Å². The molecule has 5 rings (SSSR count). The van der Waals surface area contributed by atoms with Crippen molar-refractivity contribution in [3.8, 4) is 22.5 Å². The fraction of sp³-hybridized carbons (Fsp3) is 0. The van der Waals surface area contributed by atoms with E-state index in [4.69, 9.17) is 0 Å². The Morgan fingerprint density at radius 2 is 1.41 bits per heavy atom. The zero-order valence-corrected chi connectivity index (χ0v) is 14.1. The first-order chi connectivity index (χ1) is 13.2. The van der Waals surface area contributed by atoms with E-state index in [-0.39, 0.29) is 5.91 Å². The standard InChI is InChI=1S/C22H13N3O2/c26-21-14-7-5-6-13-12-15(16-8-1-3-10-23-16)19(17-9-2-4-11-24-17)20(18(13)14)22(27)25-21/h1-12H,(H,25,26,27). The van der Waals surface area contributed by atoms with Gasteiger partial charge in [-0.2, -0.15) is 0 Å². The van der Waals surface area contributed by atoms with Crippen LogP contribution in [0, 0.1) is 0 Å². The van der Waals surface area contributed by atoms with Gasteiger partial charge in [0.2, 0.25) is 0 Å². The van der Waals surface area contributed by atoms with Crippen LogP contribution in [0.5, 0.6) is 0 Å². The van der Waals surface area contributed by atoms with Crippen molar-refractivity contribution in [3.05, 3.63) is 84.2 Å². The summed E-state index contributed by atoms with van der Waals surface area (Å²) >= 11 is 0. The van der Waals surface area contributed by atoms with E-state index >= 15 is 0 Å². The van der Waals surface area contributed by atoms with Crippen LogP contribution in [0.25, 0.3) is 33.3 Å². The maximum Gasteiger partial charge on any atom is 0.259 e. The minimum absolute atomic E-state index is 0.379. The second kappa shape index (κ2) is 5.85. The van der Waals surface area contributed by atoms with Gasteiger partial charge in [0.05, 0.1) is 17.0 Å². The van der Waals surface area contributed by atoms with Crippen LogP contribution < -0.4 is 5.32 Å². The van der Waals surface area contributed by atoms with Crippen molar-refractivity contribution in [1.82, 2.24) is 15.3 Å². The van der Waals surface area contributed by atoms with Gasteiger partial charge in [-0.3, -0.25) is 24.9 Å². The van der Waals surface area contributed by atoms with Crippen LogP contribution in [0.3, 0.4) is 0 Å². The molecular formula is C22H13N3O2. The summed E-state index contributed by atoms with van der Waals surface area (Å²) in [5.41, 5.74) is 3.84. The van der Waals surface area contributed by atoms with E-state index in [2.05, 4.69) is 15.3 Å². The molecule has 0 saturated heterocycles. The summed E-state index contributed by atoms with van der Waals surface area (Å²) in [5, 5.41) is 3.94. The summed E-state index contributed by atoms with van der Waals surface area (Å²) in [6.45, 7) is 0. The molecule has 1 aliphatic rings. The first kappa shape index (κ1) is 15.4. The molecule has 0 unspecified atom stereocenters. The van der Waals surface area contributed by atoms with Crippen molar-refractivity contribution in [2.75, 3.05) is 0 Å². The van der Waals surface area contributed by atoms with Gasteiger partial charge in [-0.05, 0) is 41.8 Å². The van der Waals surface area contributed by atoms with Gasteiger partial charge in [0, 0.05) is 34.5 Å². The third-order valence-corrected chi connectivity index (χ3v) is 4.73. The van der Waals surface area contributed by atoms with Crippen molar-refractivity contribution in [2.45, 2.75) is 0 Å². The van der Waals surface area contributed by atoms with Crippen LogP contribution in [0.1, 0.15) is 20.7 Å². The summed E-state index contributed by atoms with van der Waals surface area (Å²) in [7, 11) is 0. The van der Waals surface area contributed by atoms with Crippen LogP contribution in [-0.2, 0) is 0 Å². The van der Waals surface area contributed by atoms with Gasteiger partial charge in [-0.25, -0.2) is 0 Å². The predicted molar refractivity (Wildman–Crippen MR) is 102 cm³/mol. The molecule has 128 valence electrons. The minimum Gasteiger partial charge on any atom is -0.288 e. The van der Waals surface area contributed by atoms with E-state index in [0.717, 1.165) is 16.6 Å². The van der Waals surface area contributed by atoms with Crippen molar-refractivity contribution in [2.24, 2.45) is 0 Å². The third-order valence-electron chi connectivity index (χ3n) is 4.73. The molecule has 0 saturated carbocycles. The molecule has 3 heterocycles. The topological polar surface area (TPSA) is 72.0 Å². The number of carbonyl (C=O) groups excluding carboxylic acids is 2. The second-order valence-electron chi connectivity index (χ2n) is 6.29. The van der Waals surface area contributed by atoms with Crippen LogP contribution in [-0.4, -0.2) is 21.8 Å². The maximum atomic E-state index is 12.9. The normalized spacial score (nSPS) is 12.9. The van der Waals surface area contributed by atoms with Gasteiger partial charge in [-0.15, -0.1) is 0 Å². The quantitative estimate of drug-likeness (QED) is 0.557. The maximum absolute atomic E-state index is 12.9. The molecular weight excluding hydrogens is 338 g/mol. The molecule has 0 aliphatic carbocycles. The number of aromatic nitrogens is 2. The minimum atomic E-state index is -0.415. The highest BCUT2D eigenvalue weighted by atomic mass is 16.2. The number of amides is 2. The van der Waals surface area contributed by atoms with Gasteiger partial charge in [-0.1, -0.05) is 24.3 Å². The fourth-order valence-corrected chi connectivity index (χ4v) is 3.61. The molecule has 2 aromatic carbocycles. The van der Waals surface area contributed by atoms with Gasteiger partial charge < -0.3 is 0 Å². The number of hydrogen-bond acceptors (Lipinski definition) is 4. The molecule has 2 aromatic heterocycles. The Morgan fingerprint density at radius 1 is 0.667 bits per heavy atom. The van der Waals surface area contributed by atoms with Gasteiger partial charge in [0.15, 0.2) is 0 Å². The molecule has 1 aliphatic heterocycles. The Labute approximate surface area is 154 Å². The molecule has 0 atom stereocenters. The molecule has 2 amide bonds. The monoisotopic (exact) mass is 351 g/mol. The highest BCUT2D eigenvalue weighted by molar-refractivity contribution is 6.29. The largest absolute Gasteiger partial charge is 0.288 e. The van der Waals surface area contributed by atoms with Crippen molar-refractivity contribution >= 4 is 22.6 Å². The van der Waals surface area contributed by atoms with Crippen molar-refractivity contribution in [1.29, 1.82) is 0 Å². The lowest BCUT2D eigenvalue weighted by atomic mass is 9.86. The molecule has 4 aromatic rings. The number of pyridine rings is 2. The van der Waals surface area contributed by atoms with E-state index in [9.17, 15) is 9.59 Å². The zero-order chi connectivity index (χ0) is 18.4.